The molecule has 0 aliphatic rings. The van der Waals surface area contributed by atoms with E-state index in [2.05, 4.69) is 21.0 Å². The van der Waals surface area contributed by atoms with E-state index in [9.17, 15) is 4.79 Å². The van der Waals surface area contributed by atoms with Gasteiger partial charge in [-0.2, -0.15) is 5.10 Å². The summed E-state index contributed by atoms with van der Waals surface area (Å²) >= 11 is 8.89. The van der Waals surface area contributed by atoms with Crippen LogP contribution in [0.25, 0.3) is 0 Å². The highest BCUT2D eigenvalue weighted by atomic mass is 79.9. The van der Waals surface area contributed by atoms with Gasteiger partial charge in [0.15, 0.2) is 5.78 Å². The third-order valence-electron chi connectivity index (χ3n) is 2.10. The number of Topliss-reactive ketones (excluding diaryl/α,β-unsaturated/α-hetero) is 1. The summed E-state index contributed by atoms with van der Waals surface area (Å²) in [4.78, 5) is 11.9. The standard InChI is InChI=1S/C10H14BrClN2O2/c1-16-6-5-14-10(8(11)7-13-14)9(15)3-2-4-12/h7H,2-6H2,1H3. The van der Waals surface area contributed by atoms with Crippen LogP contribution in [0.15, 0.2) is 10.7 Å². The third-order valence-corrected chi connectivity index (χ3v) is 2.95. The summed E-state index contributed by atoms with van der Waals surface area (Å²) in [6, 6.07) is 0. The number of carbonyl (C=O) groups is 1. The Balaban J connectivity index is 2.75. The summed E-state index contributed by atoms with van der Waals surface area (Å²) < 4.78 is 7.34. The molecule has 0 aromatic carbocycles. The monoisotopic (exact) mass is 308 g/mol. The molecule has 16 heavy (non-hydrogen) atoms. The Morgan fingerprint density at radius 3 is 3.06 bits per heavy atom. The summed E-state index contributed by atoms with van der Waals surface area (Å²) in [6.07, 6.45) is 2.76. The summed E-state index contributed by atoms with van der Waals surface area (Å²) in [5, 5.41) is 4.12. The molecular formula is C10H14BrClN2O2. The van der Waals surface area contributed by atoms with Gasteiger partial charge in [-0.25, -0.2) is 0 Å². The van der Waals surface area contributed by atoms with Gasteiger partial charge in [0.25, 0.3) is 0 Å². The Hall–Kier alpha value is -0.390. The van der Waals surface area contributed by atoms with Gasteiger partial charge >= 0.3 is 0 Å². The molecule has 0 spiro atoms. The van der Waals surface area contributed by atoms with Crippen molar-refractivity contribution < 1.29 is 9.53 Å². The van der Waals surface area contributed by atoms with Crippen molar-refractivity contribution in [1.82, 2.24) is 9.78 Å². The SMILES string of the molecule is COCCn1ncc(Br)c1C(=O)CCCCl. The zero-order valence-corrected chi connectivity index (χ0v) is 11.4. The molecular weight excluding hydrogens is 295 g/mol. The minimum absolute atomic E-state index is 0.0566. The molecule has 1 rings (SSSR count). The van der Waals surface area contributed by atoms with E-state index in [0.717, 1.165) is 4.47 Å². The number of alkyl halides is 1. The molecule has 1 heterocycles. The van der Waals surface area contributed by atoms with E-state index in [-0.39, 0.29) is 5.78 Å². The largest absolute Gasteiger partial charge is 0.383 e. The molecule has 0 bridgehead atoms. The van der Waals surface area contributed by atoms with Crippen LogP contribution in [0.2, 0.25) is 0 Å². The second-order valence-electron chi connectivity index (χ2n) is 3.27. The van der Waals surface area contributed by atoms with Crippen LogP contribution in [0, 0.1) is 0 Å². The van der Waals surface area contributed by atoms with Crippen molar-refractivity contribution >= 4 is 33.3 Å². The first-order valence-corrected chi connectivity index (χ1v) is 6.33. The summed E-state index contributed by atoms with van der Waals surface area (Å²) in [7, 11) is 1.62. The molecule has 90 valence electrons. The van der Waals surface area contributed by atoms with Crippen LogP contribution in [0.1, 0.15) is 23.3 Å². The number of ether oxygens (including phenoxy) is 1. The molecule has 6 heteroatoms. The average molecular weight is 310 g/mol. The number of hydrogen-bond donors (Lipinski definition) is 0. The fourth-order valence-corrected chi connectivity index (χ4v) is 1.98. The summed E-state index contributed by atoms with van der Waals surface area (Å²) in [6.45, 7) is 1.11. The van der Waals surface area contributed by atoms with E-state index < -0.39 is 0 Å². The molecule has 1 aromatic heterocycles. The van der Waals surface area contributed by atoms with Crippen LogP contribution in [0.5, 0.6) is 0 Å². The number of hydrogen-bond acceptors (Lipinski definition) is 3. The number of halogens is 2. The van der Waals surface area contributed by atoms with E-state index in [1.54, 1.807) is 18.0 Å². The zero-order valence-electron chi connectivity index (χ0n) is 9.08. The normalized spacial score (nSPS) is 10.7. The molecule has 0 amide bonds. The van der Waals surface area contributed by atoms with E-state index in [1.165, 1.54) is 0 Å². The Morgan fingerprint density at radius 1 is 1.69 bits per heavy atom. The van der Waals surface area contributed by atoms with Gasteiger partial charge in [-0.15, -0.1) is 11.6 Å². The van der Waals surface area contributed by atoms with E-state index >= 15 is 0 Å². The molecule has 0 aliphatic heterocycles. The topological polar surface area (TPSA) is 44.1 Å². The highest BCUT2D eigenvalue weighted by Crippen LogP contribution is 2.18. The van der Waals surface area contributed by atoms with Crippen molar-refractivity contribution in [2.45, 2.75) is 19.4 Å². The minimum Gasteiger partial charge on any atom is -0.383 e. The molecule has 1 aromatic rings. The Bertz CT molecular complexity index is 355. The van der Waals surface area contributed by atoms with Crippen molar-refractivity contribution in [3.63, 3.8) is 0 Å². The van der Waals surface area contributed by atoms with E-state index in [0.29, 0.717) is 37.6 Å². The zero-order chi connectivity index (χ0) is 12.0. The second-order valence-corrected chi connectivity index (χ2v) is 4.51. The van der Waals surface area contributed by atoms with Gasteiger partial charge in [0.05, 0.1) is 23.8 Å². The number of ketones is 1. The average Bonchev–Trinajstić information content (AvgIpc) is 2.64. The van der Waals surface area contributed by atoms with Gasteiger partial charge in [-0.05, 0) is 22.4 Å². The van der Waals surface area contributed by atoms with Crippen LogP contribution in [-0.2, 0) is 11.3 Å². The maximum absolute atomic E-state index is 11.9. The molecule has 0 saturated heterocycles. The van der Waals surface area contributed by atoms with Gasteiger partial charge in [0, 0.05) is 19.4 Å². The van der Waals surface area contributed by atoms with E-state index in [1.807, 2.05) is 0 Å². The predicted molar refractivity (Wildman–Crippen MR) is 66.1 cm³/mol. The van der Waals surface area contributed by atoms with E-state index in [4.69, 9.17) is 16.3 Å². The van der Waals surface area contributed by atoms with Gasteiger partial charge < -0.3 is 4.74 Å². The van der Waals surface area contributed by atoms with Crippen molar-refractivity contribution in [1.29, 1.82) is 0 Å². The van der Waals surface area contributed by atoms with Crippen LogP contribution < -0.4 is 0 Å². The molecule has 0 N–H and O–H groups in total. The van der Waals surface area contributed by atoms with Crippen LogP contribution >= 0.6 is 27.5 Å². The summed E-state index contributed by atoms with van der Waals surface area (Å²) in [5.41, 5.74) is 0.599. The van der Waals surface area contributed by atoms with Gasteiger partial charge in [-0.3, -0.25) is 9.48 Å². The van der Waals surface area contributed by atoms with Crippen molar-refractivity contribution in [3.8, 4) is 0 Å². The number of methoxy groups -OCH3 is 1. The summed E-state index contributed by atoms with van der Waals surface area (Å²) in [5.74, 6) is 0.552. The Kier molecular flexibility index (Phi) is 6.01. The molecule has 0 atom stereocenters. The molecule has 4 nitrogen and oxygen atoms in total. The van der Waals surface area contributed by atoms with Crippen LogP contribution in [0.4, 0.5) is 0 Å². The van der Waals surface area contributed by atoms with Crippen LogP contribution in [-0.4, -0.2) is 35.2 Å². The highest BCUT2D eigenvalue weighted by Gasteiger charge is 2.16. The van der Waals surface area contributed by atoms with Crippen molar-refractivity contribution in [3.05, 3.63) is 16.4 Å². The first-order valence-electron chi connectivity index (χ1n) is 5.00. The lowest BCUT2D eigenvalue weighted by Crippen LogP contribution is -2.14. The highest BCUT2D eigenvalue weighted by molar-refractivity contribution is 9.10. The smallest absolute Gasteiger partial charge is 0.182 e. The maximum Gasteiger partial charge on any atom is 0.182 e. The lowest BCUT2D eigenvalue weighted by molar-refractivity contribution is 0.0967. The first kappa shape index (κ1) is 13.7. The minimum atomic E-state index is 0.0566. The van der Waals surface area contributed by atoms with Crippen LogP contribution in [0.3, 0.4) is 0 Å². The third kappa shape index (κ3) is 3.57. The molecule has 0 fully saturated rings. The lowest BCUT2D eigenvalue weighted by atomic mass is 10.2. The first-order chi connectivity index (χ1) is 7.70. The molecule has 0 saturated carbocycles. The number of carbonyl (C=O) groups excluding carboxylic acids is 1. The number of rotatable bonds is 7. The van der Waals surface area contributed by atoms with Gasteiger partial charge in [0.2, 0.25) is 0 Å². The molecule has 0 unspecified atom stereocenters. The fourth-order valence-electron chi connectivity index (χ4n) is 1.33. The lowest BCUT2D eigenvalue weighted by Gasteiger charge is -2.06. The van der Waals surface area contributed by atoms with Crippen molar-refractivity contribution in [2.24, 2.45) is 0 Å². The Morgan fingerprint density at radius 2 is 2.44 bits per heavy atom. The second kappa shape index (κ2) is 7.04. The number of aromatic nitrogens is 2. The quantitative estimate of drug-likeness (QED) is 0.574. The Labute approximate surface area is 108 Å². The van der Waals surface area contributed by atoms with Gasteiger partial charge in [-0.1, -0.05) is 0 Å². The molecule has 0 radical (unpaired) electrons. The molecule has 0 aliphatic carbocycles. The maximum atomic E-state index is 11.9. The van der Waals surface area contributed by atoms with Crippen molar-refractivity contribution in [2.75, 3.05) is 19.6 Å². The van der Waals surface area contributed by atoms with Gasteiger partial charge in [0.1, 0.15) is 5.69 Å². The number of nitrogens with zero attached hydrogens (tertiary/aromatic N) is 2. The fraction of sp³-hybridized carbons (Fsp3) is 0.600. The predicted octanol–water partition coefficient (Wildman–Crippen LogP) is 2.49.